The second-order valence-electron chi connectivity index (χ2n) is 3.35. The SMILES string of the molecule is CC.Nc1ncnc2[nH]ccc12.OCC1OCCO1. The molecule has 0 spiro atoms. The Labute approximate surface area is 111 Å². The molecule has 1 aliphatic rings. The molecule has 0 amide bonds. The van der Waals surface area contributed by atoms with Crippen molar-refractivity contribution in [2.45, 2.75) is 20.1 Å². The van der Waals surface area contributed by atoms with Crippen LogP contribution in [0.3, 0.4) is 0 Å². The fraction of sp³-hybridized carbons (Fsp3) is 0.500. The van der Waals surface area contributed by atoms with Gasteiger partial charge in [-0.15, -0.1) is 0 Å². The summed E-state index contributed by atoms with van der Waals surface area (Å²) in [6.45, 7) is 5.20. The first kappa shape index (κ1) is 15.4. The van der Waals surface area contributed by atoms with Crippen LogP contribution >= 0.6 is 0 Å². The van der Waals surface area contributed by atoms with Gasteiger partial charge in [-0.3, -0.25) is 0 Å². The third-order valence-electron chi connectivity index (χ3n) is 2.22. The summed E-state index contributed by atoms with van der Waals surface area (Å²) < 4.78 is 9.66. The van der Waals surface area contributed by atoms with Gasteiger partial charge in [0.1, 0.15) is 17.8 Å². The largest absolute Gasteiger partial charge is 0.391 e. The Morgan fingerprint density at radius 3 is 2.58 bits per heavy atom. The molecule has 7 nitrogen and oxygen atoms in total. The van der Waals surface area contributed by atoms with Crippen LogP contribution in [0.1, 0.15) is 13.8 Å². The highest BCUT2D eigenvalue weighted by atomic mass is 16.7. The molecule has 106 valence electrons. The van der Waals surface area contributed by atoms with Gasteiger partial charge >= 0.3 is 0 Å². The summed E-state index contributed by atoms with van der Waals surface area (Å²) in [5.74, 6) is 0.520. The number of aromatic nitrogens is 3. The molecular formula is C12H20N4O3. The fourth-order valence-electron chi connectivity index (χ4n) is 1.41. The molecule has 0 unspecified atom stereocenters. The van der Waals surface area contributed by atoms with E-state index in [1.807, 2.05) is 19.9 Å². The molecule has 1 fully saturated rings. The van der Waals surface area contributed by atoms with E-state index in [-0.39, 0.29) is 12.9 Å². The Hall–Kier alpha value is -1.70. The summed E-state index contributed by atoms with van der Waals surface area (Å²) in [6, 6.07) is 1.85. The molecule has 0 aromatic carbocycles. The number of anilines is 1. The molecule has 0 aliphatic carbocycles. The highest BCUT2D eigenvalue weighted by molar-refractivity contribution is 5.85. The lowest BCUT2D eigenvalue weighted by molar-refractivity contribution is -0.0747. The first-order chi connectivity index (χ1) is 9.31. The van der Waals surface area contributed by atoms with Crippen LogP contribution in [0.15, 0.2) is 18.6 Å². The topological polar surface area (TPSA) is 106 Å². The lowest BCUT2D eigenvalue weighted by Gasteiger charge is -2.00. The number of fused-ring (bicyclic) bond motifs is 1. The first-order valence-corrected chi connectivity index (χ1v) is 6.19. The molecule has 2 aromatic rings. The number of hydrogen-bond acceptors (Lipinski definition) is 6. The summed E-state index contributed by atoms with van der Waals surface area (Å²) in [7, 11) is 0. The van der Waals surface area contributed by atoms with Crippen LogP contribution in [0.25, 0.3) is 11.0 Å². The summed E-state index contributed by atoms with van der Waals surface area (Å²) >= 11 is 0. The van der Waals surface area contributed by atoms with E-state index in [4.69, 9.17) is 20.3 Å². The van der Waals surface area contributed by atoms with Crippen molar-refractivity contribution in [3.05, 3.63) is 18.6 Å². The Morgan fingerprint density at radius 1 is 1.37 bits per heavy atom. The zero-order chi connectivity index (χ0) is 14.1. The van der Waals surface area contributed by atoms with Crippen molar-refractivity contribution in [3.8, 4) is 0 Å². The van der Waals surface area contributed by atoms with Gasteiger partial charge in [0.2, 0.25) is 0 Å². The number of aliphatic hydroxyl groups is 1. The van der Waals surface area contributed by atoms with Crippen LogP contribution in [0.2, 0.25) is 0 Å². The highest BCUT2D eigenvalue weighted by Crippen LogP contribution is 2.12. The van der Waals surface area contributed by atoms with Crippen LogP contribution < -0.4 is 5.73 Å². The van der Waals surface area contributed by atoms with Gasteiger partial charge in [-0.25, -0.2) is 9.97 Å². The quantitative estimate of drug-likeness (QED) is 0.710. The molecule has 2 aromatic heterocycles. The number of nitrogens with zero attached hydrogens (tertiary/aromatic N) is 2. The third kappa shape index (κ3) is 4.47. The number of hydrogen-bond donors (Lipinski definition) is 3. The van der Waals surface area contributed by atoms with Gasteiger partial charge in [0.15, 0.2) is 6.29 Å². The molecule has 1 saturated heterocycles. The molecule has 0 radical (unpaired) electrons. The normalized spacial score (nSPS) is 14.5. The fourth-order valence-corrected chi connectivity index (χ4v) is 1.41. The molecule has 0 saturated carbocycles. The molecule has 0 atom stereocenters. The summed E-state index contributed by atoms with van der Waals surface area (Å²) in [5, 5.41) is 9.19. The van der Waals surface area contributed by atoms with Crippen LogP contribution in [0.5, 0.6) is 0 Å². The Morgan fingerprint density at radius 2 is 2.05 bits per heavy atom. The van der Waals surface area contributed by atoms with Crippen molar-refractivity contribution in [1.82, 2.24) is 15.0 Å². The van der Waals surface area contributed by atoms with E-state index in [9.17, 15) is 0 Å². The van der Waals surface area contributed by atoms with Crippen molar-refractivity contribution in [2.75, 3.05) is 25.6 Å². The zero-order valence-electron chi connectivity index (χ0n) is 11.2. The molecule has 0 bridgehead atoms. The maximum absolute atomic E-state index is 8.32. The Balaban J connectivity index is 0.000000177. The monoisotopic (exact) mass is 268 g/mol. The minimum atomic E-state index is -0.347. The van der Waals surface area contributed by atoms with Gasteiger partial charge in [0.05, 0.1) is 25.2 Å². The van der Waals surface area contributed by atoms with Crippen LogP contribution in [-0.2, 0) is 9.47 Å². The lowest BCUT2D eigenvalue weighted by atomic mass is 10.4. The number of aromatic amines is 1. The van der Waals surface area contributed by atoms with Crippen LogP contribution in [-0.4, -0.2) is 46.2 Å². The van der Waals surface area contributed by atoms with E-state index >= 15 is 0 Å². The molecular weight excluding hydrogens is 248 g/mol. The van der Waals surface area contributed by atoms with E-state index < -0.39 is 0 Å². The van der Waals surface area contributed by atoms with E-state index in [0.29, 0.717) is 19.0 Å². The average molecular weight is 268 g/mol. The Bertz CT molecular complexity index is 469. The van der Waals surface area contributed by atoms with Crippen LogP contribution in [0, 0.1) is 0 Å². The summed E-state index contributed by atoms with van der Waals surface area (Å²) in [5.41, 5.74) is 6.31. The van der Waals surface area contributed by atoms with Gasteiger partial charge in [-0.05, 0) is 6.07 Å². The summed E-state index contributed by atoms with van der Waals surface area (Å²) in [4.78, 5) is 10.7. The number of rotatable bonds is 1. The van der Waals surface area contributed by atoms with E-state index in [2.05, 4.69) is 15.0 Å². The molecule has 7 heteroatoms. The number of nitrogens with two attached hydrogens (primary N) is 1. The average Bonchev–Trinajstić information content (AvgIpc) is 3.13. The number of aliphatic hydroxyl groups excluding tert-OH is 1. The van der Waals surface area contributed by atoms with Gasteiger partial charge in [0.25, 0.3) is 0 Å². The Kier molecular flexibility index (Phi) is 6.80. The molecule has 3 rings (SSSR count). The maximum atomic E-state index is 8.32. The second-order valence-corrected chi connectivity index (χ2v) is 3.35. The van der Waals surface area contributed by atoms with Crippen LogP contribution in [0.4, 0.5) is 5.82 Å². The van der Waals surface area contributed by atoms with Crippen molar-refractivity contribution < 1.29 is 14.6 Å². The number of nitrogens with one attached hydrogen (secondary N) is 1. The predicted octanol–water partition coefficient (Wildman–Crippen LogP) is 0.918. The van der Waals surface area contributed by atoms with E-state index in [1.54, 1.807) is 6.20 Å². The van der Waals surface area contributed by atoms with Gasteiger partial charge < -0.3 is 25.3 Å². The van der Waals surface area contributed by atoms with Crippen molar-refractivity contribution in [1.29, 1.82) is 0 Å². The maximum Gasteiger partial charge on any atom is 0.180 e. The number of ether oxygens (including phenoxy) is 2. The van der Waals surface area contributed by atoms with Gasteiger partial charge in [-0.2, -0.15) is 0 Å². The van der Waals surface area contributed by atoms with Crippen molar-refractivity contribution in [3.63, 3.8) is 0 Å². The van der Waals surface area contributed by atoms with Gasteiger partial charge in [-0.1, -0.05) is 13.8 Å². The summed E-state index contributed by atoms with van der Waals surface area (Å²) in [6.07, 6.45) is 2.88. The third-order valence-corrected chi connectivity index (χ3v) is 2.22. The molecule has 3 heterocycles. The second kappa shape index (κ2) is 8.41. The van der Waals surface area contributed by atoms with E-state index in [1.165, 1.54) is 6.33 Å². The molecule has 4 N–H and O–H groups in total. The van der Waals surface area contributed by atoms with E-state index in [0.717, 1.165) is 11.0 Å². The standard InChI is InChI=1S/C6H6N4.C4H8O3.C2H6/c7-5-4-1-2-8-6(4)10-3-9-5;5-3-4-6-1-2-7-4;1-2/h1-3H,(H3,7,8,9,10);4-5H,1-3H2;1-2H3. The predicted molar refractivity (Wildman–Crippen MR) is 72.4 cm³/mol. The number of H-pyrrole nitrogens is 1. The van der Waals surface area contributed by atoms with Crippen molar-refractivity contribution in [2.24, 2.45) is 0 Å². The zero-order valence-corrected chi connectivity index (χ0v) is 11.2. The van der Waals surface area contributed by atoms with Gasteiger partial charge in [0, 0.05) is 6.20 Å². The first-order valence-electron chi connectivity index (χ1n) is 6.19. The highest BCUT2D eigenvalue weighted by Gasteiger charge is 2.12. The number of nitrogen functional groups attached to an aromatic ring is 1. The lowest BCUT2D eigenvalue weighted by Crippen LogP contribution is -2.11. The molecule has 1 aliphatic heterocycles. The smallest absolute Gasteiger partial charge is 0.180 e. The molecule has 19 heavy (non-hydrogen) atoms. The minimum Gasteiger partial charge on any atom is -0.391 e. The minimum absolute atomic E-state index is 0.0278. The van der Waals surface area contributed by atoms with Crippen molar-refractivity contribution >= 4 is 16.9 Å².